The van der Waals surface area contributed by atoms with Gasteiger partial charge in [-0.2, -0.15) is 0 Å². The Bertz CT molecular complexity index is 445. The zero-order chi connectivity index (χ0) is 11.0. The smallest absolute Gasteiger partial charge is 0.111 e. The Kier molecular flexibility index (Phi) is 2.43. The SMILES string of the molecule is Cc1ccc(C(C)c2cc(C)n(C)c2)o1. The number of furan rings is 1. The van der Waals surface area contributed by atoms with E-state index >= 15 is 0 Å². The maximum Gasteiger partial charge on any atom is 0.111 e. The Morgan fingerprint density at radius 3 is 2.47 bits per heavy atom. The molecule has 0 amide bonds. The van der Waals surface area contributed by atoms with Gasteiger partial charge < -0.3 is 8.98 Å². The van der Waals surface area contributed by atoms with Crippen LogP contribution in [-0.4, -0.2) is 4.57 Å². The number of hydrogen-bond acceptors (Lipinski definition) is 1. The van der Waals surface area contributed by atoms with Crippen molar-refractivity contribution in [2.24, 2.45) is 7.05 Å². The molecule has 0 bridgehead atoms. The van der Waals surface area contributed by atoms with Crippen molar-refractivity contribution in [3.8, 4) is 0 Å². The van der Waals surface area contributed by atoms with Crippen molar-refractivity contribution in [3.05, 3.63) is 47.2 Å². The molecule has 0 radical (unpaired) electrons. The predicted octanol–water partition coefficient (Wildman–Crippen LogP) is 3.39. The monoisotopic (exact) mass is 203 g/mol. The summed E-state index contributed by atoms with van der Waals surface area (Å²) in [6, 6.07) is 6.28. The van der Waals surface area contributed by atoms with Gasteiger partial charge in [-0.1, -0.05) is 6.92 Å². The van der Waals surface area contributed by atoms with Crippen LogP contribution in [0.1, 0.15) is 35.6 Å². The fourth-order valence-corrected chi connectivity index (χ4v) is 1.79. The van der Waals surface area contributed by atoms with E-state index in [2.05, 4.69) is 43.8 Å². The van der Waals surface area contributed by atoms with E-state index in [1.165, 1.54) is 11.3 Å². The second kappa shape index (κ2) is 3.61. The quantitative estimate of drug-likeness (QED) is 0.731. The number of aromatic nitrogens is 1. The molecule has 1 unspecified atom stereocenters. The summed E-state index contributed by atoms with van der Waals surface area (Å²) in [6.07, 6.45) is 2.16. The highest BCUT2D eigenvalue weighted by Gasteiger charge is 2.13. The Morgan fingerprint density at radius 2 is 2.00 bits per heavy atom. The molecule has 2 nitrogen and oxygen atoms in total. The van der Waals surface area contributed by atoms with Crippen molar-refractivity contribution in [1.82, 2.24) is 4.57 Å². The summed E-state index contributed by atoms with van der Waals surface area (Å²) >= 11 is 0. The zero-order valence-electron chi connectivity index (χ0n) is 9.74. The molecule has 15 heavy (non-hydrogen) atoms. The van der Waals surface area contributed by atoms with Crippen molar-refractivity contribution in [1.29, 1.82) is 0 Å². The lowest BCUT2D eigenvalue weighted by Gasteiger charge is -2.05. The lowest BCUT2D eigenvalue weighted by molar-refractivity contribution is 0.471. The van der Waals surface area contributed by atoms with Crippen LogP contribution >= 0.6 is 0 Å². The minimum atomic E-state index is 0.332. The van der Waals surface area contributed by atoms with Gasteiger partial charge in [0.05, 0.1) is 0 Å². The molecule has 80 valence electrons. The molecular weight excluding hydrogens is 186 g/mol. The van der Waals surface area contributed by atoms with Crippen molar-refractivity contribution >= 4 is 0 Å². The summed E-state index contributed by atoms with van der Waals surface area (Å²) in [5.41, 5.74) is 2.59. The van der Waals surface area contributed by atoms with E-state index in [0.717, 1.165) is 11.5 Å². The molecule has 0 aliphatic carbocycles. The van der Waals surface area contributed by atoms with Gasteiger partial charge >= 0.3 is 0 Å². The summed E-state index contributed by atoms with van der Waals surface area (Å²) in [5, 5.41) is 0. The highest BCUT2D eigenvalue weighted by molar-refractivity contribution is 5.28. The van der Waals surface area contributed by atoms with Gasteiger partial charge in [0.15, 0.2) is 0 Å². The van der Waals surface area contributed by atoms with Crippen LogP contribution < -0.4 is 0 Å². The van der Waals surface area contributed by atoms with Gasteiger partial charge in [0.1, 0.15) is 11.5 Å². The van der Waals surface area contributed by atoms with Crippen LogP contribution in [0.4, 0.5) is 0 Å². The number of nitrogens with zero attached hydrogens (tertiary/aromatic N) is 1. The molecule has 0 aliphatic rings. The molecule has 0 N–H and O–H groups in total. The Hall–Kier alpha value is -1.44. The first-order valence-corrected chi connectivity index (χ1v) is 5.27. The van der Waals surface area contributed by atoms with Crippen LogP contribution in [-0.2, 0) is 7.05 Å². The molecular formula is C13H17NO. The minimum absolute atomic E-state index is 0.332. The van der Waals surface area contributed by atoms with Gasteiger partial charge in [-0.3, -0.25) is 0 Å². The molecule has 0 saturated carbocycles. The molecule has 0 aliphatic heterocycles. The average molecular weight is 203 g/mol. The van der Waals surface area contributed by atoms with Crippen LogP contribution in [0.15, 0.2) is 28.8 Å². The molecule has 0 fully saturated rings. The molecule has 2 heteroatoms. The third-order valence-electron chi connectivity index (χ3n) is 2.96. The molecule has 0 spiro atoms. The van der Waals surface area contributed by atoms with Gasteiger partial charge in [0.25, 0.3) is 0 Å². The van der Waals surface area contributed by atoms with E-state index in [1.807, 2.05) is 13.0 Å². The maximum absolute atomic E-state index is 5.64. The minimum Gasteiger partial charge on any atom is -0.466 e. The van der Waals surface area contributed by atoms with Crippen LogP contribution in [0, 0.1) is 13.8 Å². The summed E-state index contributed by atoms with van der Waals surface area (Å²) in [6.45, 7) is 6.27. The third kappa shape index (κ3) is 1.84. The highest BCUT2D eigenvalue weighted by Crippen LogP contribution is 2.26. The topological polar surface area (TPSA) is 18.1 Å². The number of rotatable bonds is 2. The molecule has 0 aromatic carbocycles. The Labute approximate surface area is 90.5 Å². The fourth-order valence-electron chi connectivity index (χ4n) is 1.79. The van der Waals surface area contributed by atoms with E-state index in [0.29, 0.717) is 5.92 Å². The van der Waals surface area contributed by atoms with Gasteiger partial charge in [0, 0.05) is 24.9 Å². The van der Waals surface area contributed by atoms with Gasteiger partial charge in [-0.25, -0.2) is 0 Å². The maximum atomic E-state index is 5.64. The van der Waals surface area contributed by atoms with Crippen molar-refractivity contribution in [2.45, 2.75) is 26.7 Å². The summed E-state index contributed by atoms with van der Waals surface area (Å²) < 4.78 is 7.78. The highest BCUT2D eigenvalue weighted by atomic mass is 16.3. The average Bonchev–Trinajstić information content (AvgIpc) is 2.74. The van der Waals surface area contributed by atoms with E-state index in [1.54, 1.807) is 0 Å². The molecule has 2 aromatic rings. The second-order valence-electron chi connectivity index (χ2n) is 4.20. The molecule has 2 aromatic heterocycles. The van der Waals surface area contributed by atoms with Gasteiger partial charge in [-0.15, -0.1) is 0 Å². The first kappa shape index (κ1) is 10.1. The van der Waals surface area contributed by atoms with Crippen LogP contribution in [0.25, 0.3) is 0 Å². The molecule has 2 heterocycles. The van der Waals surface area contributed by atoms with Crippen molar-refractivity contribution in [2.75, 3.05) is 0 Å². The van der Waals surface area contributed by atoms with Crippen molar-refractivity contribution in [3.63, 3.8) is 0 Å². The van der Waals surface area contributed by atoms with Gasteiger partial charge in [-0.05, 0) is 37.6 Å². The lowest BCUT2D eigenvalue weighted by atomic mass is 10.0. The van der Waals surface area contributed by atoms with Crippen LogP contribution in [0.5, 0.6) is 0 Å². The number of aryl methyl sites for hydroxylation is 3. The van der Waals surface area contributed by atoms with E-state index in [9.17, 15) is 0 Å². The third-order valence-corrected chi connectivity index (χ3v) is 2.96. The normalized spacial score (nSPS) is 13.1. The van der Waals surface area contributed by atoms with Gasteiger partial charge in [0.2, 0.25) is 0 Å². The zero-order valence-corrected chi connectivity index (χ0v) is 9.74. The predicted molar refractivity (Wildman–Crippen MR) is 61.1 cm³/mol. The Balaban J connectivity index is 2.31. The van der Waals surface area contributed by atoms with Crippen molar-refractivity contribution < 1.29 is 4.42 Å². The summed E-state index contributed by atoms with van der Waals surface area (Å²) in [5.74, 6) is 2.35. The molecule has 2 rings (SSSR count). The first-order valence-electron chi connectivity index (χ1n) is 5.27. The van der Waals surface area contributed by atoms with E-state index in [4.69, 9.17) is 4.42 Å². The largest absolute Gasteiger partial charge is 0.466 e. The van der Waals surface area contributed by atoms with E-state index in [-0.39, 0.29) is 0 Å². The lowest BCUT2D eigenvalue weighted by Crippen LogP contribution is -1.92. The summed E-state index contributed by atoms with van der Waals surface area (Å²) in [7, 11) is 2.07. The second-order valence-corrected chi connectivity index (χ2v) is 4.20. The Morgan fingerprint density at radius 1 is 1.27 bits per heavy atom. The first-order chi connectivity index (χ1) is 7.08. The van der Waals surface area contributed by atoms with E-state index < -0.39 is 0 Å². The molecule has 0 saturated heterocycles. The summed E-state index contributed by atoms with van der Waals surface area (Å²) in [4.78, 5) is 0. The standard InChI is InChI=1S/C13H17NO/c1-9-7-12(8-14(9)4)11(3)13-6-5-10(2)15-13/h5-8,11H,1-4H3. The number of hydrogen-bond donors (Lipinski definition) is 0. The van der Waals surface area contributed by atoms with Crippen LogP contribution in [0.3, 0.4) is 0 Å². The fraction of sp³-hybridized carbons (Fsp3) is 0.385. The molecule has 1 atom stereocenters. The van der Waals surface area contributed by atoms with Crippen LogP contribution in [0.2, 0.25) is 0 Å².